The maximum Gasteiger partial charge on any atom is 0.251 e. The van der Waals surface area contributed by atoms with Crippen molar-refractivity contribution < 1.29 is 4.79 Å². The standard InChI is InChI=1S/C17H22N2O/c1-2-12-3-6-15(7-4-12)19-17(20)14-5-8-16-13(11-14)9-10-18-16/h5,8-12,15,18H,2-4,6-7H2,1H3,(H,19,20). The Hall–Kier alpha value is -1.77. The minimum absolute atomic E-state index is 0.0630. The van der Waals surface area contributed by atoms with Crippen molar-refractivity contribution in [3.8, 4) is 0 Å². The summed E-state index contributed by atoms with van der Waals surface area (Å²) >= 11 is 0. The predicted molar refractivity (Wildman–Crippen MR) is 81.8 cm³/mol. The van der Waals surface area contributed by atoms with E-state index in [1.807, 2.05) is 30.5 Å². The number of benzene rings is 1. The predicted octanol–water partition coefficient (Wildman–Crippen LogP) is 3.87. The molecule has 3 rings (SSSR count). The quantitative estimate of drug-likeness (QED) is 0.873. The molecule has 1 heterocycles. The van der Waals surface area contributed by atoms with E-state index in [9.17, 15) is 4.79 Å². The largest absolute Gasteiger partial charge is 0.361 e. The van der Waals surface area contributed by atoms with Crippen molar-refractivity contribution in [3.05, 3.63) is 36.0 Å². The monoisotopic (exact) mass is 270 g/mol. The zero-order valence-electron chi connectivity index (χ0n) is 12.0. The SMILES string of the molecule is CCC1CCC(NC(=O)c2ccc3[nH]ccc3c2)CC1. The van der Waals surface area contributed by atoms with Gasteiger partial charge in [0.2, 0.25) is 0 Å². The molecule has 2 aromatic rings. The Balaban J connectivity index is 1.64. The number of amides is 1. The zero-order chi connectivity index (χ0) is 13.9. The van der Waals surface area contributed by atoms with E-state index in [0.29, 0.717) is 6.04 Å². The Kier molecular flexibility index (Phi) is 3.77. The van der Waals surface area contributed by atoms with Crippen molar-refractivity contribution in [3.63, 3.8) is 0 Å². The molecule has 1 amide bonds. The lowest BCUT2D eigenvalue weighted by Gasteiger charge is -2.28. The van der Waals surface area contributed by atoms with Crippen LogP contribution in [0.1, 0.15) is 49.4 Å². The molecule has 1 aromatic heterocycles. The van der Waals surface area contributed by atoms with Crippen LogP contribution < -0.4 is 5.32 Å². The maximum absolute atomic E-state index is 12.3. The van der Waals surface area contributed by atoms with Gasteiger partial charge >= 0.3 is 0 Å². The first-order chi connectivity index (χ1) is 9.76. The van der Waals surface area contributed by atoms with Gasteiger partial charge < -0.3 is 10.3 Å². The highest BCUT2D eigenvalue weighted by molar-refractivity contribution is 5.98. The second-order valence-electron chi connectivity index (χ2n) is 5.88. The van der Waals surface area contributed by atoms with Gasteiger partial charge in [-0.05, 0) is 55.9 Å². The molecule has 0 radical (unpaired) electrons. The second kappa shape index (κ2) is 5.70. The molecule has 1 fully saturated rings. The number of rotatable bonds is 3. The molecule has 0 unspecified atom stereocenters. The lowest BCUT2D eigenvalue weighted by atomic mass is 9.84. The van der Waals surface area contributed by atoms with Crippen LogP contribution in [0.3, 0.4) is 0 Å². The molecule has 0 saturated heterocycles. The summed E-state index contributed by atoms with van der Waals surface area (Å²) in [5.74, 6) is 0.924. The summed E-state index contributed by atoms with van der Waals surface area (Å²) in [6.45, 7) is 2.26. The van der Waals surface area contributed by atoms with E-state index >= 15 is 0 Å². The molecule has 1 saturated carbocycles. The first-order valence-electron chi connectivity index (χ1n) is 7.64. The molecule has 0 aliphatic heterocycles. The molecular weight excluding hydrogens is 248 g/mol. The number of H-pyrrole nitrogens is 1. The molecule has 106 valence electrons. The van der Waals surface area contributed by atoms with Crippen LogP contribution in [-0.2, 0) is 0 Å². The van der Waals surface area contributed by atoms with Crippen molar-refractivity contribution in [1.82, 2.24) is 10.3 Å². The van der Waals surface area contributed by atoms with Gasteiger partial charge in [0.05, 0.1) is 0 Å². The van der Waals surface area contributed by atoms with Gasteiger partial charge in [-0.2, -0.15) is 0 Å². The van der Waals surface area contributed by atoms with Crippen molar-refractivity contribution in [1.29, 1.82) is 0 Å². The van der Waals surface area contributed by atoms with Gasteiger partial charge in [0, 0.05) is 28.7 Å². The molecule has 0 atom stereocenters. The van der Waals surface area contributed by atoms with Crippen molar-refractivity contribution >= 4 is 16.8 Å². The summed E-state index contributed by atoms with van der Waals surface area (Å²) in [7, 11) is 0. The van der Waals surface area contributed by atoms with Gasteiger partial charge in [0.1, 0.15) is 0 Å². The van der Waals surface area contributed by atoms with Crippen LogP contribution in [0.5, 0.6) is 0 Å². The van der Waals surface area contributed by atoms with E-state index in [0.717, 1.165) is 35.2 Å². The Morgan fingerprint density at radius 1 is 1.25 bits per heavy atom. The van der Waals surface area contributed by atoms with Gasteiger partial charge in [0.15, 0.2) is 0 Å². The summed E-state index contributed by atoms with van der Waals surface area (Å²) in [5, 5.41) is 4.28. The molecular formula is C17H22N2O. The third kappa shape index (κ3) is 2.72. The number of aromatic nitrogens is 1. The number of hydrogen-bond donors (Lipinski definition) is 2. The molecule has 2 N–H and O–H groups in total. The van der Waals surface area contributed by atoms with E-state index in [4.69, 9.17) is 0 Å². The summed E-state index contributed by atoms with van der Waals surface area (Å²) in [6.07, 6.45) is 7.91. The summed E-state index contributed by atoms with van der Waals surface area (Å²) in [6, 6.07) is 8.17. The first kappa shape index (κ1) is 13.2. The Morgan fingerprint density at radius 2 is 2.05 bits per heavy atom. The minimum Gasteiger partial charge on any atom is -0.361 e. The van der Waals surface area contributed by atoms with Crippen LogP contribution in [0.2, 0.25) is 0 Å². The fourth-order valence-corrected chi connectivity index (χ4v) is 3.18. The molecule has 0 spiro atoms. The molecule has 3 nitrogen and oxygen atoms in total. The zero-order valence-corrected chi connectivity index (χ0v) is 12.0. The van der Waals surface area contributed by atoms with Crippen LogP contribution in [0, 0.1) is 5.92 Å². The Morgan fingerprint density at radius 3 is 2.80 bits per heavy atom. The van der Waals surface area contributed by atoms with E-state index in [2.05, 4.69) is 17.2 Å². The highest BCUT2D eigenvalue weighted by Crippen LogP contribution is 2.26. The lowest BCUT2D eigenvalue weighted by molar-refractivity contribution is 0.0922. The number of hydrogen-bond acceptors (Lipinski definition) is 1. The van der Waals surface area contributed by atoms with Gasteiger partial charge in [-0.3, -0.25) is 4.79 Å². The van der Waals surface area contributed by atoms with E-state index in [1.54, 1.807) is 0 Å². The number of aromatic amines is 1. The average molecular weight is 270 g/mol. The number of carbonyl (C=O) groups is 1. The van der Waals surface area contributed by atoms with E-state index in [1.165, 1.54) is 19.3 Å². The number of fused-ring (bicyclic) bond motifs is 1. The van der Waals surface area contributed by atoms with E-state index in [-0.39, 0.29) is 5.91 Å². The number of nitrogens with one attached hydrogen (secondary N) is 2. The summed E-state index contributed by atoms with van der Waals surface area (Å²) < 4.78 is 0. The molecule has 20 heavy (non-hydrogen) atoms. The van der Waals surface area contributed by atoms with Crippen LogP contribution in [0.4, 0.5) is 0 Å². The highest BCUT2D eigenvalue weighted by Gasteiger charge is 2.21. The fourth-order valence-electron chi connectivity index (χ4n) is 3.18. The van der Waals surface area contributed by atoms with Gasteiger partial charge in [-0.25, -0.2) is 0 Å². The number of carbonyl (C=O) groups excluding carboxylic acids is 1. The molecule has 3 heteroatoms. The van der Waals surface area contributed by atoms with Crippen LogP contribution in [-0.4, -0.2) is 16.9 Å². The highest BCUT2D eigenvalue weighted by atomic mass is 16.1. The third-order valence-corrected chi connectivity index (χ3v) is 4.57. The maximum atomic E-state index is 12.3. The Bertz CT molecular complexity index is 594. The lowest BCUT2D eigenvalue weighted by Crippen LogP contribution is -2.37. The summed E-state index contributed by atoms with van der Waals surface area (Å²) in [5.41, 5.74) is 1.83. The summed E-state index contributed by atoms with van der Waals surface area (Å²) in [4.78, 5) is 15.5. The van der Waals surface area contributed by atoms with Crippen molar-refractivity contribution in [2.24, 2.45) is 5.92 Å². The van der Waals surface area contributed by atoms with Crippen LogP contribution in [0.15, 0.2) is 30.5 Å². The fraction of sp³-hybridized carbons (Fsp3) is 0.471. The Labute approximate surface area is 119 Å². The third-order valence-electron chi connectivity index (χ3n) is 4.57. The van der Waals surface area contributed by atoms with Crippen molar-refractivity contribution in [2.45, 2.75) is 45.1 Å². The molecule has 1 aromatic carbocycles. The average Bonchev–Trinajstić information content (AvgIpc) is 2.95. The minimum atomic E-state index is 0.0630. The van der Waals surface area contributed by atoms with Crippen LogP contribution >= 0.6 is 0 Å². The van der Waals surface area contributed by atoms with Gasteiger partial charge in [0.25, 0.3) is 5.91 Å². The molecule has 0 bridgehead atoms. The first-order valence-corrected chi connectivity index (χ1v) is 7.64. The second-order valence-corrected chi connectivity index (χ2v) is 5.88. The molecule has 1 aliphatic carbocycles. The van der Waals surface area contributed by atoms with Gasteiger partial charge in [-0.15, -0.1) is 0 Å². The molecule has 1 aliphatic rings. The topological polar surface area (TPSA) is 44.9 Å². The van der Waals surface area contributed by atoms with E-state index < -0.39 is 0 Å². The van der Waals surface area contributed by atoms with Gasteiger partial charge in [-0.1, -0.05) is 13.3 Å². The van der Waals surface area contributed by atoms with Crippen LogP contribution in [0.25, 0.3) is 10.9 Å². The smallest absolute Gasteiger partial charge is 0.251 e. The van der Waals surface area contributed by atoms with Crippen molar-refractivity contribution in [2.75, 3.05) is 0 Å². The normalized spacial score (nSPS) is 22.9.